The minimum absolute atomic E-state index is 0.138. The number of anilines is 2. The van der Waals surface area contributed by atoms with Gasteiger partial charge in [0.1, 0.15) is 6.04 Å². The van der Waals surface area contributed by atoms with Gasteiger partial charge in [0.15, 0.2) is 18.1 Å². The molecule has 2 aromatic rings. The number of piperidine rings is 1. The lowest BCUT2D eigenvalue weighted by molar-refractivity contribution is -0.137. The van der Waals surface area contributed by atoms with Crippen LogP contribution in [-0.4, -0.2) is 68.5 Å². The average molecular weight is 543 g/mol. The molecule has 0 radical (unpaired) electrons. The Hall–Kier alpha value is -4.52. The third-order valence-electron chi connectivity index (χ3n) is 6.15. The Morgan fingerprint density at radius 2 is 1.82 bits per heavy atom. The second kappa shape index (κ2) is 13.3. The molecule has 210 valence electrons. The summed E-state index contributed by atoms with van der Waals surface area (Å²) in [4.78, 5) is 48.3. The third kappa shape index (κ3) is 7.08. The number of nitrogens with two attached hydrogens (primary N) is 3. The van der Waals surface area contributed by atoms with Crippen molar-refractivity contribution in [1.82, 2.24) is 15.5 Å². The van der Waals surface area contributed by atoms with Gasteiger partial charge in [0, 0.05) is 54.1 Å². The quantitative estimate of drug-likeness (QED) is 0.165. The zero-order valence-corrected chi connectivity index (χ0v) is 22.0. The van der Waals surface area contributed by atoms with Crippen LogP contribution in [0.1, 0.15) is 35.2 Å². The van der Waals surface area contributed by atoms with Crippen molar-refractivity contribution < 1.29 is 33.4 Å². The number of carbonyl (C=O) groups excluding carboxylic acids is 4. The molecule has 4 rings (SSSR count). The topological polar surface area (TPSA) is 201 Å². The van der Waals surface area contributed by atoms with Gasteiger partial charge in [-0.1, -0.05) is 6.07 Å². The second-order valence-corrected chi connectivity index (χ2v) is 8.81. The fourth-order valence-electron chi connectivity index (χ4n) is 4.17. The van der Waals surface area contributed by atoms with Gasteiger partial charge in [-0.2, -0.15) is 0 Å². The van der Waals surface area contributed by atoms with Crippen molar-refractivity contribution in [3.63, 3.8) is 0 Å². The Kier molecular flexibility index (Phi) is 9.92. The highest BCUT2D eigenvalue weighted by molar-refractivity contribution is 6.06. The molecule has 1 fully saturated rings. The summed E-state index contributed by atoms with van der Waals surface area (Å²) in [5.41, 5.74) is 19.2. The van der Waals surface area contributed by atoms with Gasteiger partial charge in [0.25, 0.3) is 11.8 Å². The summed E-state index contributed by atoms with van der Waals surface area (Å²) >= 11 is 0. The van der Waals surface area contributed by atoms with Crippen LogP contribution in [0.15, 0.2) is 30.3 Å². The van der Waals surface area contributed by atoms with Gasteiger partial charge < -0.3 is 41.6 Å². The summed E-state index contributed by atoms with van der Waals surface area (Å²) in [6.07, 6.45) is 1.34. The Morgan fingerprint density at radius 1 is 1.13 bits per heavy atom. The summed E-state index contributed by atoms with van der Waals surface area (Å²) in [5, 5.41) is 4.96. The molecule has 2 heterocycles. The maximum Gasteiger partial charge on any atom is 0.257 e. The molecule has 0 aliphatic carbocycles. The van der Waals surface area contributed by atoms with Crippen LogP contribution < -0.4 is 42.0 Å². The molecular formula is C26H34N6O7. The van der Waals surface area contributed by atoms with Crippen LogP contribution in [-0.2, 0) is 20.9 Å². The van der Waals surface area contributed by atoms with Crippen molar-refractivity contribution in [2.24, 2.45) is 5.73 Å². The highest BCUT2D eigenvalue weighted by atomic mass is 16.5. The lowest BCUT2D eigenvalue weighted by atomic mass is 10.0. The Morgan fingerprint density at radius 3 is 2.41 bits per heavy atom. The molecule has 0 spiro atoms. The monoisotopic (exact) mass is 542 g/mol. The lowest BCUT2D eigenvalue weighted by Gasteiger charge is -2.29. The fraction of sp³-hybridized carbons (Fsp3) is 0.385. The Bertz CT molecular complexity index is 1210. The lowest BCUT2D eigenvalue weighted by Crippen LogP contribution is -2.52. The van der Waals surface area contributed by atoms with E-state index in [1.54, 1.807) is 30.3 Å². The number of nitrogen functional groups attached to an aromatic ring is 2. The summed E-state index contributed by atoms with van der Waals surface area (Å²) in [7, 11) is 2.98. The maximum absolute atomic E-state index is 12.3. The van der Waals surface area contributed by atoms with E-state index in [0.717, 1.165) is 12.0 Å². The van der Waals surface area contributed by atoms with Gasteiger partial charge in [-0.25, -0.2) is 0 Å². The standard InChI is InChI=1S/C13H21N3O4.C13H13N3O3/c1-18-10-6-9(15)7-11(19-2)13(10)20-8-12(17)16-5-3-4-14;14-9-3-1-2-7-8(9)6-16(13(7)19)10-4-5-11(17)15-12(10)18/h6-7H,3-5,8,14-15H2,1-2H3,(H,16,17);1-3,10H,4-6,14H2,(H,15,17,18). The first-order chi connectivity index (χ1) is 18.7. The molecule has 39 heavy (non-hydrogen) atoms. The van der Waals surface area contributed by atoms with Crippen molar-refractivity contribution in [2.45, 2.75) is 31.8 Å². The van der Waals surface area contributed by atoms with E-state index in [2.05, 4.69) is 10.6 Å². The number of nitrogens with one attached hydrogen (secondary N) is 2. The number of imide groups is 1. The minimum Gasteiger partial charge on any atom is -0.493 e. The molecule has 4 amide bonds. The first-order valence-corrected chi connectivity index (χ1v) is 12.3. The summed E-state index contributed by atoms with van der Waals surface area (Å²) < 4.78 is 15.8. The molecule has 13 nitrogen and oxygen atoms in total. The van der Waals surface area contributed by atoms with E-state index >= 15 is 0 Å². The van der Waals surface area contributed by atoms with Gasteiger partial charge in [0.05, 0.1) is 14.2 Å². The zero-order chi connectivity index (χ0) is 28.5. The van der Waals surface area contributed by atoms with Crippen molar-refractivity contribution >= 4 is 35.0 Å². The zero-order valence-electron chi connectivity index (χ0n) is 22.0. The molecule has 0 bridgehead atoms. The first kappa shape index (κ1) is 29.0. The van der Waals surface area contributed by atoms with E-state index in [1.165, 1.54) is 19.1 Å². The maximum atomic E-state index is 12.3. The molecule has 2 aliphatic heterocycles. The number of hydrogen-bond acceptors (Lipinski definition) is 10. The normalized spacial score (nSPS) is 16.0. The van der Waals surface area contributed by atoms with Gasteiger partial charge in [-0.05, 0) is 31.5 Å². The molecule has 8 N–H and O–H groups in total. The van der Waals surface area contributed by atoms with E-state index in [4.69, 9.17) is 31.4 Å². The molecule has 13 heteroatoms. The highest BCUT2D eigenvalue weighted by Crippen LogP contribution is 2.39. The molecule has 1 atom stereocenters. The second-order valence-electron chi connectivity index (χ2n) is 8.81. The summed E-state index contributed by atoms with van der Waals surface area (Å²) in [6, 6.07) is 7.78. The molecule has 1 unspecified atom stereocenters. The average Bonchev–Trinajstić information content (AvgIpc) is 3.25. The number of amides is 4. The summed E-state index contributed by atoms with van der Waals surface area (Å²) in [6.45, 7) is 1.24. The van der Waals surface area contributed by atoms with Gasteiger partial charge in [-0.3, -0.25) is 24.5 Å². The summed E-state index contributed by atoms with van der Waals surface area (Å²) in [5.74, 6) is 0.0449. The molecular weight excluding hydrogens is 508 g/mol. The fourth-order valence-corrected chi connectivity index (χ4v) is 4.17. The van der Waals surface area contributed by atoms with Crippen molar-refractivity contribution in [3.05, 3.63) is 41.5 Å². The molecule has 2 aliphatic rings. The van der Waals surface area contributed by atoms with Crippen LogP contribution in [0.2, 0.25) is 0 Å². The van der Waals surface area contributed by atoms with Crippen LogP contribution in [0.3, 0.4) is 0 Å². The van der Waals surface area contributed by atoms with Crippen LogP contribution in [0.25, 0.3) is 0 Å². The smallest absolute Gasteiger partial charge is 0.257 e. The van der Waals surface area contributed by atoms with Crippen molar-refractivity contribution in [1.29, 1.82) is 0 Å². The van der Waals surface area contributed by atoms with E-state index < -0.39 is 11.9 Å². The van der Waals surface area contributed by atoms with E-state index in [-0.39, 0.29) is 30.7 Å². The number of methoxy groups -OCH3 is 2. The van der Waals surface area contributed by atoms with Crippen LogP contribution in [0.5, 0.6) is 17.2 Å². The number of carbonyl (C=O) groups is 4. The predicted molar refractivity (Wildman–Crippen MR) is 143 cm³/mol. The van der Waals surface area contributed by atoms with Crippen LogP contribution >= 0.6 is 0 Å². The number of rotatable bonds is 9. The number of hydrogen-bond donors (Lipinski definition) is 5. The van der Waals surface area contributed by atoms with Crippen LogP contribution in [0.4, 0.5) is 11.4 Å². The number of fused-ring (bicyclic) bond motifs is 1. The van der Waals surface area contributed by atoms with Crippen molar-refractivity contribution in [2.75, 3.05) is 45.4 Å². The highest BCUT2D eigenvalue weighted by Gasteiger charge is 2.39. The Balaban J connectivity index is 0.000000216. The van der Waals surface area contributed by atoms with Gasteiger partial charge in [0.2, 0.25) is 17.6 Å². The van der Waals surface area contributed by atoms with E-state index in [0.29, 0.717) is 60.2 Å². The largest absolute Gasteiger partial charge is 0.493 e. The molecule has 2 aromatic carbocycles. The number of benzene rings is 2. The minimum atomic E-state index is -0.586. The van der Waals surface area contributed by atoms with E-state index in [1.807, 2.05) is 0 Å². The van der Waals surface area contributed by atoms with Gasteiger partial charge >= 0.3 is 0 Å². The molecule has 1 saturated heterocycles. The third-order valence-corrected chi connectivity index (χ3v) is 6.15. The van der Waals surface area contributed by atoms with Crippen LogP contribution in [0, 0.1) is 0 Å². The molecule has 0 saturated carbocycles. The number of ether oxygens (including phenoxy) is 3. The van der Waals surface area contributed by atoms with Gasteiger partial charge in [-0.15, -0.1) is 0 Å². The van der Waals surface area contributed by atoms with Crippen molar-refractivity contribution in [3.8, 4) is 17.2 Å². The van der Waals surface area contributed by atoms with E-state index in [9.17, 15) is 19.2 Å². The number of nitrogens with zero attached hydrogens (tertiary/aromatic N) is 1. The predicted octanol–water partition coefficient (Wildman–Crippen LogP) is 0.160. The molecule has 0 aromatic heterocycles. The SMILES string of the molecule is COc1cc(N)cc(OC)c1OCC(=O)NCCCN.Nc1cccc2c1CN(C1CCC(=O)NC1=O)C2=O. The first-order valence-electron chi connectivity index (χ1n) is 12.3. The Labute approximate surface area is 225 Å².